The molecule has 18 heavy (non-hydrogen) atoms. The second-order valence-corrected chi connectivity index (χ2v) is 4.68. The van der Waals surface area contributed by atoms with E-state index in [-0.39, 0.29) is 22.8 Å². The van der Waals surface area contributed by atoms with Crippen LogP contribution in [-0.4, -0.2) is 32.5 Å². The Morgan fingerprint density at radius 2 is 1.83 bits per heavy atom. The van der Waals surface area contributed by atoms with E-state index >= 15 is 0 Å². The van der Waals surface area contributed by atoms with Crippen molar-refractivity contribution in [2.24, 2.45) is 0 Å². The van der Waals surface area contributed by atoms with Gasteiger partial charge in [0, 0.05) is 5.54 Å². The average Bonchev–Trinajstić information content (AvgIpc) is 2.28. The van der Waals surface area contributed by atoms with Gasteiger partial charge in [0.25, 0.3) is 5.91 Å². The van der Waals surface area contributed by atoms with Crippen LogP contribution in [0.15, 0.2) is 12.4 Å². The first-order chi connectivity index (χ1) is 8.35. The number of carbonyl (C=O) groups is 2. The maximum absolute atomic E-state index is 11.9. The van der Waals surface area contributed by atoms with Crippen molar-refractivity contribution in [3.05, 3.63) is 23.8 Å². The van der Waals surface area contributed by atoms with E-state index in [1.165, 1.54) is 6.20 Å². The third-order valence-corrected chi connectivity index (χ3v) is 2.43. The van der Waals surface area contributed by atoms with Crippen LogP contribution in [0.4, 0.5) is 0 Å². The zero-order valence-corrected chi connectivity index (χ0v) is 10.7. The molecule has 0 fully saturated rings. The Morgan fingerprint density at radius 1 is 1.28 bits per heavy atom. The molecule has 0 unspecified atom stereocenters. The number of hydrogen-bond donors (Lipinski definition) is 2. The summed E-state index contributed by atoms with van der Waals surface area (Å²) in [6.07, 6.45) is 4.04. The zero-order valence-electron chi connectivity index (χ0n) is 10.7. The molecule has 0 saturated carbocycles. The minimum atomic E-state index is -1.17. The molecule has 1 heterocycles. The van der Waals surface area contributed by atoms with E-state index in [1.807, 2.05) is 20.8 Å². The Labute approximate surface area is 105 Å². The van der Waals surface area contributed by atoms with Crippen molar-refractivity contribution < 1.29 is 14.7 Å². The van der Waals surface area contributed by atoms with Crippen molar-refractivity contribution in [3.8, 4) is 0 Å². The van der Waals surface area contributed by atoms with E-state index in [9.17, 15) is 9.59 Å². The van der Waals surface area contributed by atoms with Crippen LogP contribution in [0.1, 0.15) is 54.6 Å². The Hall–Kier alpha value is -1.98. The molecule has 1 aromatic heterocycles. The van der Waals surface area contributed by atoms with E-state index < -0.39 is 5.97 Å². The van der Waals surface area contributed by atoms with Crippen LogP contribution in [0.3, 0.4) is 0 Å². The van der Waals surface area contributed by atoms with Crippen LogP contribution in [0, 0.1) is 0 Å². The lowest BCUT2D eigenvalue weighted by Gasteiger charge is -2.25. The van der Waals surface area contributed by atoms with Gasteiger partial charge >= 0.3 is 5.97 Å². The molecular weight excluding hydrogens is 234 g/mol. The molecule has 6 heteroatoms. The number of nitrogens with zero attached hydrogens (tertiary/aromatic N) is 2. The molecule has 0 bridgehead atoms. The third-order valence-electron chi connectivity index (χ3n) is 2.43. The molecular formula is C12H17N3O3. The molecule has 1 amide bonds. The van der Waals surface area contributed by atoms with Gasteiger partial charge in [-0.3, -0.25) is 4.79 Å². The first-order valence-corrected chi connectivity index (χ1v) is 5.73. The quantitative estimate of drug-likeness (QED) is 0.827. The molecule has 0 aliphatic carbocycles. The highest BCUT2D eigenvalue weighted by Gasteiger charge is 2.21. The van der Waals surface area contributed by atoms with E-state index in [1.54, 1.807) is 0 Å². The monoisotopic (exact) mass is 251 g/mol. The van der Waals surface area contributed by atoms with Crippen LogP contribution in [0.25, 0.3) is 0 Å². The van der Waals surface area contributed by atoms with Crippen LogP contribution in [0.5, 0.6) is 0 Å². The van der Waals surface area contributed by atoms with E-state index in [0.29, 0.717) is 0 Å². The molecule has 1 aromatic rings. The minimum absolute atomic E-state index is 0.115. The lowest BCUT2D eigenvalue weighted by molar-refractivity contribution is 0.0688. The van der Waals surface area contributed by atoms with Gasteiger partial charge in [0.05, 0.1) is 12.4 Å². The number of carboxylic acid groups (broad SMARTS) is 1. The molecule has 2 N–H and O–H groups in total. The fourth-order valence-electron chi connectivity index (χ4n) is 1.61. The Morgan fingerprint density at radius 3 is 2.28 bits per heavy atom. The maximum Gasteiger partial charge on any atom is 0.356 e. The lowest BCUT2D eigenvalue weighted by Crippen LogP contribution is -2.43. The number of aromatic carboxylic acids is 1. The molecule has 1 rings (SSSR count). The summed E-state index contributed by atoms with van der Waals surface area (Å²) in [7, 11) is 0. The van der Waals surface area contributed by atoms with E-state index in [2.05, 4.69) is 15.3 Å². The predicted molar refractivity (Wildman–Crippen MR) is 65.4 cm³/mol. The minimum Gasteiger partial charge on any atom is -0.476 e. The molecule has 0 radical (unpaired) electrons. The smallest absolute Gasteiger partial charge is 0.356 e. The summed E-state index contributed by atoms with van der Waals surface area (Å²) in [5.41, 5.74) is -0.387. The molecule has 0 aliphatic rings. The number of hydrogen-bond acceptors (Lipinski definition) is 4. The van der Waals surface area contributed by atoms with Gasteiger partial charge < -0.3 is 10.4 Å². The molecule has 0 saturated heterocycles. The van der Waals surface area contributed by atoms with Gasteiger partial charge in [-0.25, -0.2) is 14.8 Å². The summed E-state index contributed by atoms with van der Waals surface area (Å²) in [5, 5.41) is 11.5. The normalized spacial score (nSPS) is 11.1. The molecule has 98 valence electrons. The lowest BCUT2D eigenvalue weighted by atomic mass is 9.99. The van der Waals surface area contributed by atoms with Gasteiger partial charge in [0.1, 0.15) is 5.69 Å². The summed E-state index contributed by atoms with van der Waals surface area (Å²) in [6, 6.07) is 0. The fraction of sp³-hybridized carbons (Fsp3) is 0.500. The van der Waals surface area contributed by atoms with Crippen LogP contribution in [0.2, 0.25) is 0 Å². The van der Waals surface area contributed by atoms with Crippen molar-refractivity contribution in [2.45, 2.75) is 39.2 Å². The molecule has 0 spiro atoms. The highest BCUT2D eigenvalue weighted by atomic mass is 16.4. The Balaban J connectivity index is 2.76. The van der Waals surface area contributed by atoms with E-state index in [4.69, 9.17) is 5.11 Å². The van der Waals surface area contributed by atoms with Crippen molar-refractivity contribution in [1.82, 2.24) is 15.3 Å². The highest BCUT2D eigenvalue weighted by molar-refractivity contribution is 5.93. The average molecular weight is 251 g/mol. The first kappa shape index (κ1) is 14.1. The SMILES string of the molecule is CCCC(C)(C)NC(=O)c1cnc(C(=O)O)cn1. The largest absolute Gasteiger partial charge is 0.476 e. The summed E-state index contributed by atoms with van der Waals surface area (Å²) < 4.78 is 0. The molecule has 0 aliphatic heterocycles. The number of nitrogens with one attached hydrogen (secondary N) is 1. The number of carboxylic acids is 1. The van der Waals surface area contributed by atoms with Gasteiger partial charge in [-0.15, -0.1) is 0 Å². The predicted octanol–water partition coefficient (Wildman–Crippen LogP) is 1.48. The summed E-state index contributed by atoms with van der Waals surface area (Å²) in [4.78, 5) is 29.9. The van der Waals surface area contributed by atoms with Gasteiger partial charge in [-0.2, -0.15) is 0 Å². The number of rotatable bonds is 5. The summed E-state index contributed by atoms with van der Waals surface area (Å²) in [5.74, 6) is -1.52. The van der Waals surface area contributed by atoms with Crippen LogP contribution in [-0.2, 0) is 0 Å². The van der Waals surface area contributed by atoms with Crippen molar-refractivity contribution >= 4 is 11.9 Å². The Kier molecular flexibility index (Phi) is 4.36. The van der Waals surface area contributed by atoms with Gasteiger partial charge in [0.2, 0.25) is 0 Å². The maximum atomic E-state index is 11.9. The van der Waals surface area contributed by atoms with Crippen LogP contribution >= 0.6 is 0 Å². The Bertz CT molecular complexity index is 440. The number of carbonyl (C=O) groups excluding carboxylic acids is 1. The highest BCUT2D eigenvalue weighted by Crippen LogP contribution is 2.11. The van der Waals surface area contributed by atoms with Gasteiger partial charge in [0.15, 0.2) is 5.69 Å². The second-order valence-electron chi connectivity index (χ2n) is 4.68. The molecule has 6 nitrogen and oxygen atoms in total. The van der Waals surface area contributed by atoms with Gasteiger partial charge in [-0.05, 0) is 20.3 Å². The van der Waals surface area contributed by atoms with E-state index in [0.717, 1.165) is 19.0 Å². The number of amides is 1. The van der Waals surface area contributed by atoms with Crippen molar-refractivity contribution in [3.63, 3.8) is 0 Å². The summed E-state index contributed by atoms with van der Waals surface area (Å²) >= 11 is 0. The topological polar surface area (TPSA) is 92.2 Å². The standard InChI is InChI=1S/C12H17N3O3/c1-4-5-12(2,3)15-10(16)8-6-14-9(7-13-8)11(17)18/h6-7H,4-5H2,1-3H3,(H,15,16)(H,17,18). The van der Waals surface area contributed by atoms with Crippen molar-refractivity contribution in [1.29, 1.82) is 0 Å². The van der Waals surface area contributed by atoms with Gasteiger partial charge in [-0.1, -0.05) is 13.3 Å². The second kappa shape index (κ2) is 5.57. The fourth-order valence-corrected chi connectivity index (χ4v) is 1.61. The third kappa shape index (κ3) is 3.80. The van der Waals surface area contributed by atoms with Crippen molar-refractivity contribution in [2.75, 3.05) is 0 Å². The molecule has 0 aromatic carbocycles. The first-order valence-electron chi connectivity index (χ1n) is 5.73. The summed E-state index contributed by atoms with van der Waals surface area (Å²) in [6.45, 7) is 5.89. The molecule has 0 atom stereocenters. The van der Waals surface area contributed by atoms with Crippen LogP contribution < -0.4 is 5.32 Å². The zero-order chi connectivity index (χ0) is 13.8. The number of aromatic nitrogens is 2.